The third kappa shape index (κ3) is 7.31. The van der Waals surface area contributed by atoms with E-state index in [-0.39, 0.29) is 0 Å². The largest absolute Gasteiger partial charge is 0.375 e. The Morgan fingerprint density at radius 3 is 2.47 bits per heavy atom. The van der Waals surface area contributed by atoms with Gasteiger partial charge >= 0.3 is 0 Å². The summed E-state index contributed by atoms with van der Waals surface area (Å²) in [4.78, 5) is 0. The van der Waals surface area contributed by atoms with E-state index in [0.717, 1.165) is 30.8 Å². The van der Waals surface area contributed by atoms with Crippen molar-refractivity contribution >= 4 is 0 Å². The number of hydrogen-bond acceptors (Lipinski definition) is 2. The van der Waals surface area contributed by atoms with Crippen LogP contribution in [0.1, 0.15) is 66.7 Å². The Morgan fingerprint density at radius 1 is 1.11 bits per heavy atom. The first-order valence-electron chi connectivity index (χ1n) is 8.35. The van der Waals surface area contributed by atoms with Gasteiger partial charge in [0.2, 0.25) is 0 Å². The zero-order valence-corrected chi connectivity index (χ0v) is 13.7. The normalized spacial score (nSPS) is 29.7. The van der Waals surface area contributed by atoms with Gasteiger partial charge in [0.25, 0.3) is 0 Å². The quantitative estimate of drug-likeness (QED) is 0.665. The van der Waals surface area contributed by atoms with Crippen LogP contribution in [-0.2, 0) is 4.74 Å². The van der Waals surface area contributed by atoms with Crippen molar-refractivity contribution in [3.63, 3.8) is 0 Å². The highest BCUT2D eigenvalue weighted by Gasteiger charge is 2.25. The zero-order valence-electron chi connectivity index (χ0n) is 13.7. The molecular weight excluding hydrogens is 234 g/mol. The van der Waals surface area contributed by atoms with Gasteiger partial charge in [-0.15, -0.1) is 0 Å². The third-order valence-corrected chi connectivity index (χ3v) is 4.49. The molecule has 1 saturated carbocycles. The van der Waals surface area contributed by atoms with Crippen molar-refractivity contribution in [1.29, 1.82) is 0 Å². The Bertz CT molecular complexity index is 229. The van der Waals surface area contributed by atoms with Crippen LogP contribution in [0.3, 0.4) is 0 Å². The fraction of sp³-hybridized carbons (Fsp3) is 1.00. The summed E-state index contributed by atoms with van der Waals surface area (Å²) in [7, 11) is 0. The van der Waals surface area contributed by atoms with Crippen molar-refractivity contribution in [2.24, 2.45) is 17.8 Å². The highest BCUT2D eigenvalue weighted by atomic mass is 16.5. The van der Waals surface area contributed by atoms with Gasteiger partial charge in [-0.3, -0.25) is 0 Å². The van der Waals surface area contributed by atoms with E-state index in [0.29, 0.717) is 12.2 Å². The molecule has 0 aromatic heterocycles. The van der Waals surface area contributed by atoms with Crippen molar-refractivity contribution in [2.75, 3.05) is 13.1 Å². The lowest BCUT2D eigenvalue weighted by Gasteiger charge is -2.33. The van der Waals surface area contributed by atoms with Crippen molar-refractivity contribution in [1.82, 2.24) is 5.32 Å². The second kappa shape index (κ2) is 8.97. The molecular formula is C17H35NO. The molecule has 4 unspecified atom stereocenters. The summed E-state index contributed by atoms with van der Waals surface area (Å²) in [6.07, 6.45) is 7.22. The second-order valence-corrected chi connectivity index (χ2v) is 7.08. The molecule has 1 aliphatic carbocycles. The molecule has 0 saturated heterocycles. The summed E-state index contributed by atoms with van der Waals surface area (Å²) < 4.78 is 6.21. The molecule has 1 N–H and O–H groups in total. The first-order chi connectivity index (χ1) is 8.99. The van der Waals surface area contributed by atoms with Crippen molar-refractivity contribution < 1.29 is 4.74 Å². The molecule has 19 heavy (non-hydrogen) atoms. The average Bonchev–Trinajstić information content (AvgIpc) is 2.33. The minimum atomic E-state index is 0.423. The Balaban J connectivity index is 2.06. The van der Waals surface area contributed by atoms with Crippen LogP contribution < -0.4 is 5.32 Å². The van der Waals surface area contributed by atoms with Crippen molar-refractivity contribution in [2.45, 2.75) is 78.9 Å². The van der Waals surface area contributed by atoms with Gasteiger partial charge in [0.1, 0.15) is 0 Å². The molecule has 1 fully saturated rings. The smallest absolute Gasteiger partial charge is 0.0581 e. The van der Waals surface area contributed by atoms with Crippen LogP contribution in [0.15, 0.2) is 0 Å². The molecule has 114 valence electrons. The molecule has 0 spiro atoms. The van der Waals surface area contributed by atoms with Crippen LogP contribution in [0.2, 0.25) is 0 Å². The fourth-order valence-electron chi connectivity index (χ4n) is 2.92. The molecule has 4 atom stereocenters. The highest BCUT2D eigenvalue weighted by molar-refractivity contribution is 4.76. The van der Waals surface area contributed by atoms with E-state index in [9.17, 15) is 0 Å². The maximum absolute atomic E-state index is 6.21. The van der Waals surface area contributed by atoms with Gasteiger partial charge in [-0.25, -0.2) is 0 Å². The van der Waals surface area contributed by atoms with Gasteiger partial charge in [0.05, 0.1) is 12.2 Å². The predicted octanol–water partition coefficient (Wildman–Crippen LogP) is 4.24. The molecule has 2 nitrogen and oxygen atoms in total. The number of ether oxygens (including phenoxy) is 1. The molecule has 0 aromatic carbocycles. The van der Waals surface area contributed by atoms with E-state index in [1.54, 1.807) is 0 Å². The summed E-state index contributed by atoms with van der Waals surface area (Å²) >= 11 is 0. The van der Waals surface area contributed by atoms with E-state index in [4.69, 9.17) is 4.74 Å². The van der Waals surface area contributed by atoms with Gasteiger partial charge in [0.15, 0.2) is 0 Å². The van der Waals surface area contributed by atoms with Gasteiger partial charge in [-0.1, -0.05) is 27.7 Å². The number of rotatable bonds is 8. The van der Waals surface area contributed by atoms with Crippen LogP contribution in [0, 0.1) is 17.8 Å². The van der Waals surface area contributed by atoms with Crippen LogP contribution in [0.25, 0.3) is 0 Å². The fourth-order valence-corrected chi connectivity index (χ4v) is 2.92. The van der Waals surface area contributed by atoms with Crippen molar-refractivity contribution in [3.05, 3.63) is 0 Å². The second-order valence-electron chi connectivity index (χ2n) is 7.08. The first kappa shape index (κ1) is 17.0. The van der Waals surface area contributed by atoms with Gasteiger partial charge < -0.3 is 10.1 Å². The molecule has 0 aliphatic heterocycles. The predicted molar refractivity (Wildman–Crippen MR) is 83.5 cm³/mol. The summed E-state index contributed by atoms with van der Waals surface area (Å²) in [6.45, 7) is 13.8. The van der Waals surface area contributed by atoms with E-state index in [2.05, 4.69) is 39.9 Å². The first-order valence-corrected chi connectivity index (χ1v) is 8.35. The molecule has 0 amide bonds. The lowest BCUT2D eigenvalue weighted by molar-refractivity contribution is -0.0427. The van der Waals surface area contributed by atoms with E-state index in [1.165, 1.54) is 32.1 Å². The number of hydrogen-bond donors (Lipinski definition) is 1. The monoisotopic (exact) mass is 269 g/mol. The molecule has 0 bridgehead atoms. The minimum absolute atomic E-state index is 0.423. The minimum Gasteiger partial charge on any atom is -0.375 e. The van der Waals surface area contributed by atoms with Gasteiger partial charge in [0, 0.05) is 0 Å². The van der Waals surface area contributed by atoms with Gasteiger partial charge in [-0.05, 0) is 69.9 Å². The van der Waals surface area contributed by atoms with E-state index < -0.39 is 0 Å². The highest BCUT2D eigenvalue weighted by Crippen LogP contribution is 2.31. The van der Waals surface area contributed by atoms with E-state index >= 15 is 0 Å². The zero-order chi connectivity index (χ0) is 14.3. The molecule has 1 rings (SSSR count). The lowest BCUT2D eigenvalue weighted by atomic mass is 9.80. The van der Waals surface area contributed by atoms with E-state index in [1.807, 2.05) is 0 Å². The van der Waals surface area contributed by atoms with Gasteiger partial charge in [-0.2, -0.15) is 0 Å². The lowest BCUT2D eigenvalue weighted by Crippen LogP contribution is -2.30. The SMILES string of the molecule is CC(C)CNCCCC(C)OC1CCC(C)C(C)C1. The molecule has 0 radical (unpaired) electrons. The van der Waals surface area contributed by atoms with Crippen LogP contribution in [0.4, 0.5) is 0 Å². The third-order valence-electron chi connectivity index (χ3n) is 4.49. The topological polar surface area (TPSA) is 21.3 Å². The molecule has 2 heteroatoms. The molecule has 0 heterocycles. The Labute approximate surface area is 120 Å². The average molecular weight is 269 g/mol. The summed E-state index contributed by atoms with van der Waals surface area (Å²) in [6, 6.07) is 0. The maximum Gasteiger partial charge on any atom is 0.0581 e. The maximum atomic E-state index is 6.21. The summed E-state index contributed by atoms with van der Waals surface area (Å²) in [5.41, 5.74) is 0. The standard InChI is InChI=1S/C17H35NO/c1-13(2)12-18-10-6-7-16(5)19-17-9-8-14(3)15(4)11-17/h13-18H,6-12H2,1-5H3. The number of nitrogens with one attached hydrogen (secondary N) is 1. The van der Waals surface area contributed by atoms with Crippen LogP contribution in [0.5, 0.6) is 0 Å². The Kier molecular flexibility index (Phi) is 8.01. The van der Waals surface area contributed by atoms with Crippen molar-refractivity contribution in [3.8, 4) is 0 Å². The summed E-state index contributed by atoms with van der Waals surface area (Å²) in [5, 5.41) is 3.50. The van der Waals surface area contributed by atoms with Crippen LogP contribution in [-0.4, -0.2) is 25.3 Å². The molecule has 1 aliphatic rings. The molecule has 0 aromatic rings. The Morgan fingerprint density at radius 2 is 1.84 bits per heavy atom. The summed E-state index contributed by atoms with van der Waals surface area (Å²) in [5.74, 6) is 2.47. The Hall–Kier alpha value is -0.0800. The van der Waals surface area contributed by atoms with Crippen LogP contribution >= 0.6 is 0 Å².